The lowest BCUT2D eigenvalue weighted by molar-refractivity contribution is 0.192. The maximum Gasteiger partial charge on any atom is 0.101 e. The topological polar surface area (TPSA) is 56.0 Å². The lowest BCUT2D eigenvalue weighted by Crippen LogP contribution is -2.12. The Morgan fingerprint density at radius 3 is 2.94 bits per heavy atom. The smallest absolute Gasteiger partial charge is 0.101 e. The number of aliphatic hydroxyl groups is 1. The molecule has 92 valence electrons. The van der Waals surface area contributed by atoms with Crippen LogP contribution in [0.1, 0.15) is 22.8 Å². The van der Waals surface area contributed by atoms with Crippen LogP contribution < -0.4 is 5.32 Å². The zero-order chi connectivity index (χ0) is 13.0. The SMILES string of the molecule is Cc1ccc(NCC(O)c2ccsc2)c(C#N)c1. The molecule has 2 rings (SSSR count). The quantitative estimate of drug-likeness (QED) is 0.886. The molecule has 18 heavy (non-hydrogen) atoms. The molecule has 4 heteroatoms. The van der Waals surface area contributed by atoms with Gasteiger partial charge < -0.3 is 10.4 Å². The Hall–Kier alpha value is -1.83. The summed E-state index contributed by atoms with van der Waals surface area (Å²) >= 11 is 1.56. The molecule has 1 heterocycles. The number of anilines is 1. The van der Waals surface area contributed by atoms with Gasteiger partial charge in [-0.15, -0.1) is 0 Å². The first-order valence-corrected chi connectivity index (χ1v) is 6.60. The van der Waals surface area contributed by atoms with E-state index in [1.54, 1.807) is 11.3 Å². The van der Waals surface area contributed by atoms with Crippen molar-refractivity contribution < 1.29 is 5.11 Å². The fraction of sp³-hybridized carbons (Fsp3) is 0.214. The molecule has 0 aliphatic carbocycles. The summed E-state index contributed by atoms with van der Waals surface area (Å²) in [6.45, 7) is 2.35. The molecule has 1 aromatic carbocycles. The van der Waals surface area contributed by atoms with E-state index in [9.17, 15) is 5.11 Å². The summed E-state index contributed by atoms with van der Waals surface area (Å²) in [5.41, 5.74) is 3.32. The van der Waals surface area contributed by atoms with Gasteiger partial charge in [-0.3, -0.25) is 0 Å². The Kier molecular flexibility index (Phi) is 3.98. The van der Waals surface area contributed by atoms with Crippen molar-refractivity contribution in [2.24, 2.45) is 0 Å². The summed E-state index contributed by atoms with van der Waals surface area (Å²) in [5, 5.41) is 26.0. The van der Waals surface area contributed by atoms with E-state index in [0.29, 0.717) is 12.1 Å². The molecule has 0 aliphatic rings. The first-order chi connectivity index (χ1) is 8.70. The highest BCUT2D eigenvalue weighted by molar-refractivity contribution is 7.07. The summed E-state index contributed by atoms with van der Waals surface area (Å²) in [6.07, 6.45) is -0.552. The largest absolute Gasteiger partial charge is 0.387 e. The van der Waals surface area contributed by atoms with Crippen molar-refractivity contribution >= 4 is 17.0 Å². The van der Waals surface area contributed by atoms with Gasteiger partial charge in [-0.1, -0.05) is 6.07 Å². The van der Waals surface area contributed by atoms with Crippen LogP contribution in [0.15, 0.2) is 35.0 Å². The highest BCUT2D eigenvalue weighted by atomic mass is 32.1. The monoisotopic (exact) mass is 258 g/mol. The third kappa shape index (κ3) is 2.89. The molecule has 0 aliphatic heterocycles. The van der Waals surface area contributed by atoms with Crippen LogP contribution in [0.3, 0.4) is 0 Å². The second-order valence-electron chi connectivity index (χ2n) is 4.11. The average molecular weight is 258 g/mol. The molecule has 2 aromatic rings. The number of nitriles is 1. The van der Waals surface area contributed by atoms with E-state index in [1.807, 2.05) is 41.9 Å². The van der Waals surface area contributed by atoms with Crippen LogP contribution in [0.2, 0.25) is 0 Å². The molecule has 3 nitrogen and oxygen atoms in total. The number of hydrogen-bond donors (Lipinski definition) is 2. The van der Waals surface area contributed by atoms with Gasteiger partial charge in [0.1, 0.15) is 6.07 Å². The predicted molar refractivity (Wildman–Crippen MR) is 73.7 cm³/mol. The fourth-order valence-corrected chi connectivity index (χ4v) is 2.40. The number of nitrogens with zero attached hydrogens (tertiary/aromatic N) is 1. The van der Waals surface area contributed by atoms with Gasteiger partial charge in [0.15, 0.2) is 0 Å². The molecule has 0 amide bonds. The highest BCUT2D eigenvalue weighted by Gasteiger charge is 2.09. The molecule has 1 atom stereocenters. The zero-order valence-electron chi connectivity index (χ0n) is 10.1. The van der Waals surface area contributed by atoms with E-state index >= 15 is 0 Å². The minimum Gasteiger partial charge on any atom is -0.387 e. The molecule has 2 N–H and O–H groups in total. The van der Waals surface area contributed by atoms with Crippen molar-refractivity contribution in [3.63, 3.8) is 0 Å². The number of rotatable bonds is 4. The van der Waals surface area contributed by atoms with Gasteiger partial charge >= 0.3 is 0 Å². The first kappa shape index (κ1) is 12.6. The third-order valence-corrected chi connectivity index (χ3v) is 3.41. The van der Waals surface area contributed by atoms with Crippen molar-refractivity contribution in [2.45, 2.75) is 13.0 Å². The van der Waals surface area contributed by atoms with Gasteiger partial charge in [0.2, 0.25) is 0 Å². The van der Waals surface area contributed by atoms with Crippen LogP contribution >= 0.6 is 11.3 Å². The van der Waals surface area contributed by atoms with Gasteiger partial charge in [0, 0.05) is 6.54 Å². The van der Waals surface area contributed by atoms with Crippen molar-refractivity contribution in [2.75, 3.05) is 11.9 Å². The van der Waals surface area contributed by atoms with Gasteiger partial charge in [0.05, 0.1) is 17.4 Å². The standard InChI is InChI=1S/C14H14N2OS/c1-10-2-3-13(12(6-10)7-15)16-8-14(17)11-4-5-18-9-11/h2-6,9,14,16-17H,8H2,1H3. The molecular formula is C14H14N2OS. The van der Waals surface area contributed by atoms with Crippen LogP contribution in [0.4, 0.5) is 5.69 Å². The van der Waals surface area contributed by atoms with Gasteiger partial charge in [0.25, 0.3) is 0 Å². The maximum absolute atomic E-state index is 9.95. The van der Waals surface area contributed by atoms with Gasteiger partial charge in [-0.2, -0.15) is 16.6 Å². The number of aliphatic hydroxyl groups excluding tert-OH is 1. The Balaban J connectivity index is 2.05. The Morgan fingerprint density at radius 1 is 1.44 bits per heavy atom. The summed E-state index contributed by atoms with van der Waals surface area (Å²) in [7, 11) is 0. The number of thiophene rings is 1. The Labute approximate surface area is 110 Å². The van der Waals surface area contributed by atoms with Crippen LogP contribution in [-0.4, -0.2) is 11.7 Å². The molecule has 0 spiro atoms. The average Bonchev–Trinajstić information content (AvgIpc) is 2.90. The van der Waals surface area contributed by atoms with E-state index in [-0.39, 0.29) is 0 Å². The number of hydrogen-bond acceptors (Lipinski definition) is 4. The lowest BCUT2D eigenvalue weighted by atomic mass is 10.1. The predicted octanol–water partition coefficient (Wildman–Crippen LogP) is 3.07. The van der Waals surface area contributed by atoms with Gasteiger partial charge in [-0.05, 0) is 47.0 Å². The summed E-state index contributed by atoms with van der Waals surface area (Å²) in [5.74, 6) is 0. The molecule has 0 saturated heterocycles. The van der Waals surface area contributed by atoms with Crippen LogP contribution in [-0.2, 0) is 0 Å². The molecule has 0 bridgehead atoms. The van der Waals surface area contributed by atoms with E-state index in [2.05, 4.69) is 11.4 Å². The third-order valence-electron chi connectivity index (χ3n) is 2.71. The fourth-order valence-electron chi connectivity index (χ4n) is 1.69. The van der Waals surface area contributed by atoms with E-state index < -0.39 is 6.10 Å². The molecule has 1 unspecified atom stereocenters. The maximum atomic E-state index is 9.95. The second kappa shape index (κ2) is 5.67. The van der Waals surface area contributed by atoms with E-state index in [4.69, 9.17) is 5.26 Å². The highest BCUT2D eigenvalue weighted by Crippen LogP contribution is 2.20. The van der Waals surface area contributed by atoms with Gasteiger partial charge in [-0.25, -0.2) is 0 Å². The summed E-state index contributed by atoms with van der Waals surface area (Å²) in [4.78, 5) is 0. The lowest BCUT2D eigenvalue weighted by Gasteiger charge is -2.13. The first-order valence-electron chi connectivity index (χ1n) is 5.65. The normalized spacial score (nSPS) is 11.8. The number of nitrogens with one attached hydrogen (secondary N) is 1. The van der Waals surface area contributed by atoms with Crippen LogP contribution in [0.25, 0.3) is 0 Å². The van der Waals surface area contributed by atoms with E-state index in [0.717, 1.165) is 16.8 Å². The second-order valence-corrected chi connectivity index (χ2v) is 4.89. The Bertz CT molecular complexity index is 558. The molecular weight excluding hydrogens is 244 g/mol. The van der Waals surface area contributed by atoms with E-state index in [1.165, 1.54) is 0 Å². The summed E-state index contributed by atoms with van der Waals surface area (Å²) in [6, 6.07) is 9.70. The number of benzene rings is 1. The molecule has 0 radical (unpaired) electrons. The molecule has 0 saturated carbocycles. The minimum absolute atomic E-state index is 0.397. The van der Waals surface area contributed by atoms with Crippen molar-refractivity contribution in [3.05, 3.63) is 51.7 Å². The van der Waals surface area contributed by atoms with Crippen LogP contribution in [0, 0.1) is 18.3 Å². The molecule has 1 aromatic heterocycles. The number of aryl methyl sites for hydroxylation is 1. The minimum atomic E-state index is -0.552. The Morgan fingerprint density at radius 2 is 2.28 bits per heavy atom. The van der Waals surface area contributed by atoms with Crippen molar-refractivity contribution in [1.29, 1.82) is 5.26 Å². The zero-order valence-corrected chi connectivity index (χ0v) is 10.9. The molecule has 0 fully saturated rings. The van der Waals surface area contributed by atoms with Crippen LogP contribution in [0.5, 0.6) is 0 Å². The van der Waals surface area contributed by atoms with Crippen molar-refractivity contribution in [3.8, 4) is 6.07 Å². The van der Waals surface area contributed by atoms with Crippen molar-refractivity contribution in [1.82, 2.24) is 0 Å². The summed E-state index contributed by atoms with van der Waals surface area (Å²) < 4.78 is 0.